The topological polar surface area (TPSA) is 71.0 Å². The van der Waals surface area contributed by atoms with E-state index in [9.17, 15) is 0 Å². The van der Waals surface area contributed by atoms with Gasteiger partial charge in [-0.1, -0.05) is 6.07 Å². The Morgan fingerprint density at radius 2 is 1.71 bits per heavy atom. The number of ether oxygens (including phenoxy) is 2. The second-order valence-electron chi connectivity index (χ2n) is 6.94. The van der Waals surface area contributed by atoms with E-state index in [1.165, 1.54) is 5.56 Å². The molecule has 2 rings (SSSR count). The molecule has 172 valence electrons. The highest BCUT2D eigenvalue weighted by molar-refractivity contribution is 14.0. The largest absolute Gasteiger partial charge is 0.490 e. The van der Waals surface area contributed by atoms with Gasteiger partial charge in [-0.15, -0.1) is 24.0 Å². The molecule has 1 heterocycles. The van der Waals surface area contributed by atoms with Crippen molar-refractivity contribution < 1.29 is 9.47 Å². The second-order valence-corrected chi connectivity index (χ2v) is 6.94. The Bertz CT molecular complexity index is 814. The number of rotatable bonds is 11. The van der Waals surface area contributed by atoms with Crippen LogP contribution >= 0.6 is 24.0 Å². The minimum atomic E-state index is 0. The third-order valence-electron chi connectivity index (χ3n) is 4.35. The molecule has 2 aromatic rings. The number of hydrogen-bond donors (Lipinski definition) is 2. The second kappa shape index (κ2) is 14.7. The average Bonchev–Trinajstić information content (AvgIpc) is 2.74. The fourth-order valence-corrected chi connectivity index (χ4v) is 2.89. The van der Waals surface area contributed by atoms with Crippen molar-refractivity contribution in [3.05, 3.63) is 47.7 Å². The first kappa shape index (κ1) is 26.8. The summed E-state index contributed by atoms with van der Waals surface area (Å²) < 4.78 is 11.4. The molecule has 0 radical (unpaired) electrons. The van der Waals surface area contributed by atoms with E-state index in [-0.39, 0.29) is 24.0 Å². The Labute approximate surface area is 203 Å². The lowest BCUT2D eigenvalue weighted by atomic mass is 10.1. The molecule has 8 heteroatoms. The Kier molecular flexibility index (Phi) is 12.7. The van der Waals surface area contributed by atoms with Crippen LogP contribution in [-0.2, 0) is 13.0 Å². The summed E-state index contributed by atoms with van der Waals surface area (Å²) in [5, 5.41) is 6.71. The highest BCUT2D eigenvalue weighted by Crippen LogP contribution is 2.28. The van der Waals surface area contributed by atoms with Gasteiger partial charge in [0, 0.05) is 33.4 Å². The van der Waals surface area contributed by atoms with E-state index in [2.05, 4.69) is 40.7 Å². The zero-order chi connectivity index (χ0) is 21.8. The lowest BCUT2D eigenvalue weighted by molar-refractivity contribution is 0.287. The monoisotopic (exact) mass is 541 g/mol. The average molecular weight is 541 g/mol. The van der Waals surface area contributed by atoms with Crippen LogP contribution in [0, 0.1) is 0 Å². The summed E-state index contributed by atoms with van der Waals surface area (Å²) in [4.78, 5) is 11.0. The molecule has 0 bridgehead atoms. The summed E-state index contributed by atoms with van der Waals surface area (Å²) in [6.45, 7) is 9.43. The van der Waals surface area contributed by atoms with Crippen molar-refractivity contribution >= 4 is 35.8 Å². The van der Waals surface area contributed by atoms with Gasteiger partial charge in [-0.05, 0) is 62.6 Å². The van der Waals surface area contributed by atoms with Crippen LogP contribution in [-0.4, -0.2) is 51.3 Å². The summed E-state index contributed by atoms with van der Waals surface area (Å²) in [5.41, 5.74) is 2.31. The minimum Gasteiger partial charge on any atom is -0.490 e. The number of aliphatic imine (C=N–C) groups is 1. The number of hydrogen-bond acceptors (Lipinski definition) is 5. The molecule has 0 saturated carbocycles. The molecule has 0 aliphatic carbocycles. The third-order valence-corrected chi connectivity index (χ3v) is 4.35. The first-order chi connectivity index (χ1) is 14.6. The van der Waals surface area contributed by atoms with Crippen LogP contribution in [0.3, 0.4) is 0 Å². The zero-order valence-corrected chi connectivity index (χ0v) is 21.6. The zero-order valence-electron chi connectivity index (χ0n) is 19.3. The van der Waals surface area contributed by atoms with Crippen molar-refractivity contribution in [2.45, 2.75) is 33.7 Å². The number of benzene rings is 1. The number of nitrogens with one attached hydrogen (secondary N) is 2. The van der Waals surface area contributed by atoms with Crippen molar-refractivity contribution in [3.8, 4) is 11.5 Å². The Morgan fingerprint density at radius 1 is 0.968 bits per heavy atom. The fourth-order valence-electron chi connectivity index (χ4n) is 2.89. The van der Waals surface area contributed by atoms with Crippen LogP contribution in [0.4, 0.5) is 5.82 Å². The molecule has 31 heavy (non-hydrogen) atoms. The predicted octanol–water partition coefficient (Wildman–Crippen LogP) is 3.86. The molecule has 7 nitrogen and oxygen atoms in total. The molecular formula is C23H36IN5O2. The van der Waals surface area contributed by atoms with Crippen LogP contribution in [0.25, 0.3) is 0 Å². The summed E-state index contributed by atoms with van der Waals surface area (Å²) in [5.74, 6) is 3.32. The van der Waals surface area contributed by atoms with Crippen molar-refractivity contribution in [1.82, 2.24) is 15.6 Å². The van der Waals surface area contributed by atoms with Gasteiger partial charge >= 0.3 is 0 Å². The maximum absolute atomic E-state index is 5.72. The Hall–Kier alpha value is -2.23. The van der Waals surface area contributed by atoms with Gasteiger partial charge in [0.25, 0.3) is 0 Å². The third kappa shape index (κ3) is 9.20. The molecule has 0 aliphatic rings. The molecule has 0 unspecified atom stereocenters. The number of halogens is 1. The molecule has 0 saturated heterocycles. The fraction of sp³-hybridized carbons (Fsp3) is 0.478. The molecule has 1 aromatic carbocycles. The number of guanidine groups is 1. The standard InChI is InChI=1S/C23H35N5O2.HI/c1-6-24-23(27-17-19-12-13-25-22(16-19)28(4)5)26-14-11-18-9-10-20(29-7-2)21(15-18)30-8-3;/h9-10,12-13,15-16H,6-8,11,14,17H2,1-5H3,(H2,24,26,27);1H. The number of aromatic nitrogens is 1. The molecule has 2 N–H and O–H groups in total. The van der Waals surface area contributed by atoms with Gasteiger partial charge in [-0.3, -0.25) is 0 Å². The highest BCUT2D eigenvalue weighted by atomic mass is 127. The Balaban J connectivity index is 0.00000480. The van der Waals surface area contributed by atoms with Gasteiger partial charge in [0.15, 0.2) is 17.5 Å². The van der Waals surface area contributed by atoms with Gasteiger partial charge < -0.3 is 25.0 Å². The Morgan fingerprint density at radius 3 is 2.39 bits per heavy atom. The van der Waals surface area contributed by atoms with E-state index >= 15 is 0 Å². The summed E-state index contributed by atoms with van der Waals surface area (Å²) in [7, 11) is 3.97. The number of nitrogens with zero attached hydrogens (tertiary/aromatic N) is 3. The molecule has 0 aliphatic heterocycles. The summed E-state index contributed by atoms with van der Waals surface area (Å²) in [6.07, 6.45) is 2.68. The number of anilines is 1. The summed E-state index contributed by atoms with van der Waals surface area (Å²) in [6, 6.07) is 10.2. The maximum Gasteiger partial charge on any atom is 0.191 e. The molecule has 0 fully saturated rings. The molecule has 0 spiro atoms. The van der Waals surface area contributed by atoms with E-state index in [4.69, 9.17) is 14.5 Å². The lowest BCUT2D eigenvalue weighted by Crippen LogP contribution is -2.38. The normalized spacial score (nSPS) is 10.8. The van der Waals surface area contributed by atoms with E-state index < -0.39 is 0 Å². The van der Waals surface area contributed by atoms with E-state index in [1.54, 1.807) is 0 Å². The maximum atomic E-state index is 5.72. The molecule has 0 atom stereocenters. The summed E-state index contributed by atoms with van der Waals surface area (Å²) >= 11 is 0. The highest BCUT2D eigenvalue weighted by Gasteiger charge is 2.07. The van der Waals surface area contributed by atoms with Crippen LogP contribution in [0.15, 0.2) is 41.5 Å². The van der Waals surface area contributed by atoms with E-state index in [0.29, 0.717) is 19.8 Å². The van der Waals surface area contributed by atoms with E-state index in [1.807, 2.05) is 51.2 Å². The quantitative estimate of drug-likeness (QED) is 0.256. The SMILES string of the molecule is CCNC(=NCc1ccnc(N(C)C)c1)NCCc1ccc(OCC)c(OCC)c1.I. The van der Waals surface area contributed by atoms with Crippen LogP contribution in [0.2, 0.25) is 0 Å². The van der Waals surface area contributed by atoms with Crippen molar-refractivity contribution in [2.24, 2.45) is 4.99 Å². The van der Waals surface area contributed by atoms with Crippen LogP contribution in [0.1, 0.15) is 31.9 Å². The molecular weight excluding hydrogens is 505 g/mol. The lowest BCUT2D eigenvalue weighted by Gasteiger charge is -2.14. The predicted molar refractivity (Wildman–Crippen MR) is 139 cm³/mol. The van der Waals surface area contributed by atoms with Gasteiger partial charge in [0.2, 0.25) is 0 Å². The van der Waals surface area contributed by atoms with Gasteiger partial charge in [0.1, 0.15) is 5.82 Å². The van der Waals surface area contributed by atoms with Gasteiger partial charge in [-0.25, -0.2) is 9.98 Å². The van der Waals surface area contributed by atoms with Crippen molar-refractivity contribution in [1.29, 1.82) is 0 Å². The number of pyridine rings is 1. The minimum absolute atomic E-state index is 0. The van der Waals surface area contributed by atoms with E-state index in [0.717, 1.165) is 48.4 Å². The van der Waals surface area contributed by atoms with Crippen LogP contribution < -0.4 is 25.0 Å². The van der Waals surface area contributed by atoms with Gasteiger partial charge in [0.05, 0.1) is 19.8 Å². The molecule has 0 amide bonds. The first-order valence-corrected chi connectivity index (χ1v) is 10.6. The van der Waals surface area contributed by atoms with Crippen LogP contribution in [0.5, 0.6) is 11.5 Å². The smallest absolute Gasteiger partial charge is 0.191 e. The van der Waals surface area contributed by atoms with Gasteiger partial charge in [-0.2, -0.15) is 0 Å². The van der Waals surface area contributed by atoms with Crippen molar-refractivity contribution in [2.75, 3.05) is 45.3 Å². The molecule has 1 aromatic heterocycles. The van der Waals surface area contributed by atoms with Crippen molar-refractivity contribution in [3.63, 3.8) is 0 Å². The first-order valence-electron chi connectivity index (χ1n) is 10.6.